The Balaban J connectivity index is 1.46. The molecule has 1 heterocycles. The second-order valence-corrected chi connectivity index (χ2v) is 10.5. The molecule has 0 aliphatic rings. The van der Waals surface area contributed by atoms with E-state index in [0.717, 1.165) is 16.1 Å². The predicted octanol–water partition coefficient (Wildman–Crippen LogP) is 5.94. The first-order chi connectivity index (χ1) is 19.8. The molecular weight excluding hydrogens is 558 g/mol. The van der Waals surface area contributed by atoms with Crippen molar-refractivity contribution in [3.8, 4) is 0 Å². The minimum absolute atomic E-state index is 0.0874. The number of pyridine rings is 1. The number of carbonyl (C=O) groups is 3. The molecule has 3 aromatic carbocycles. The number of nitrogens with zero attached hydrogens (tertiary/aromatic N) is 2. The fourth-order valence-electron chi connectivity index (χ4n) is 3.62. The maximum absolute atomic E-state index is 13.4. The van der Waals surface area contributed by atoms with Gasteiger partial charge < -0.3 is 20.9 Å². The Labute approximate surface area is 247 Å². The quantitative estimate of drug-likeness (QED) is 0.157. The van der Waals surface area contributed by atoms with Gasteiger partial charge in [-0.3, -0.25) is 14.4 Å². The second-order valence-electron chi connectivity index (χ2n) is 9.04. The highest BCUT2D eigenvalue weighted by Gasteiger charge is 2.16. The fraction of sp³-hybridized carbons (Fsp3) is 0.0968. The Kier molecular flexibility index (Phi) is 10.1. The molecule has 4 rings (SSSR count). The molecule has 0 saturated carbocycles. The number of nitrogens with one attached hydrogen (secondary N) is 3. The van der Waals surface area contributed by atoms with E-state index in [9.17, 15) is 14.4 Å². The summed E-state index contributed by atoms with van der Waals surface area (Å²) in [4.78, 5) is 45.4. The molecule has 0 bridgehead atoms. The van der Waals surface area contributed by atoms with Gasteiger partial charge in [0.15, 0.2) is 0 Å². The number of benzene rings is 3. The Morgan fingerprint density at radius 1 is 0.902 bits per heavy atom. The molecule has 208 valence electrons. The lowest BCUT2D eigenvalue weighted by Crippen LogP contribution is -2.30. The van der Waals surface area contributed by atoms with E-state index >= 15 is 0 Å². The third kappa shape index (κ3) is 8.96. The van der Waals surface area contributed by atoms with Crippen LogP contribution >= 0.6 is 23.4 Å². The van der Waals surface area contributed by atoms with Crippen LogP contribution in [0.1, 0.15) is 15.9 Å². The molecule has 8 nitrogen and oxygen atoms in total. The number of carbonyl (C=O) groups excluding carboxylic acids is 3. The highest BCUT2D eigenvalue weighted by Crippen LogP contribution is 2.23. The topological polar surface area (TPSA) is 103 Å². The molecule has 3 N–H and O–H groups in total. The third-order valence-corrected chi connectivity index (χ3v) is 6.92. The molecular formula is C31H28ClN5O3S. The lowest BCUT2D eigenvalue weighted by atomic mass is 10.1. The highest BCUT2D eigenvalue weighted by molar-refractivity contribution is 8.00. The van der Waals surface area contributed by atoms with Crippen LogP contribution in [0.25, 0.3) is 6.08 Å². The monoisotopic (exact) mass is 585 g/mol. The SMILES string of the molecule is CN(C)c1ccc(/C=C(/NC(=O)c2ccccc2)C(=O)Nc2cccc(SCC(=O)Nc3ccc(Cl)cn3)c2)cc1. The maximum atomic E-state index is 13.4. The number of anilines is 3. The summed E-state index contributed by atoms with van der Waals surface area (Å²) in [5, 5.41) is 8.80. The zero-order chi connectivity index (χ0) is 29.2. The van der Waals surface area contributed by atoms with Crippen LogP contribution in [0.4, 0.5) is 17.2 Å². The zero-order valence-corrected chi connectivity index (χ0v) is 24.0. The summed E-state index contributed by atoms with van der Waals surface area (Å²) in [7, 11) is 3.89. The summed E-state index contributed by atoms with van der Waals surface area (Å²) in [5.74, 6) is -0.562. The molecule has 0 aliphatic carbocycles. The summed E-state index contributed by atoms with van der Waals surface area (Å²) in [6.07, 6.45) is 3.09. The molecule has 1 aromatic heterocycles. The van der Waals surface area contributed by atoms with Crippen molar-refractivity contribution >= 4 is 64.4 Å². The van der Waals surface area contributed by atoms with Crippen molar-refractivity contribution in [1.82, 2.24) is 10.3 Å². The van der Waals surface area contributed by atoms with Gasteiger partial charge in [-0.05, 0) is 66.2 Å². The van der Waals surface area contributed by atoms with E-state index in [0.29, 0.717) is 22.1 Å². The predicted molar refractivity (Wildman–Crippen MR) is 166 cm³/mol. The van der Waals surface area contributed by atoms with E-state index < -0.39 is 11.8 Å². The fourth-order valence-corrected chi connectivity index (χ4v) is 4.48. The summed E-state index contributed by atoms with van der Waals surface area (Å²) in [6, 6.07) is 26.7. The highest BCUT2D eigenvalue weighted by atomic mass is 35.5. The molecule has 0 saturated heterocycles. The van der Waals surface area contributed by atoms with Crippen LogP contribution in [0.2, 0.25) is 5.02 Å². The molecule has 0 spiro atoms. The number of thioether (sulfide) groups is 1. The molecule has 0 aliphatic heterocycles. The minimum Gasteiger partial charge on any atom is -0.378 e. The molecule has 0 unspecified atom stereocenters. The van der Waals surface area contributed by atoms with Crippen molar-refractivity contribution in [2.24, 2.45) is 0 Å². The van der Waals surface area contributed by atoms with Crippen LogP contribution in [0.3, 0.4) is 0 Å². The van der Waals surface area contributed by atoms with Crippen LogP contribution in [-0.4, -0.2) is 42.6 Å². The van der Waals surface area contributed by atoms with Gasteiger partial charge in [-0.2, -0.15) is 0 Å². The molecule has 0 atom stereocenters. The lowest BCUT2D eigenvalue weighted by Gasteiger charge is -2.14. The van der Waals surface area contributed by atoms with E-state index in [1.54, 1.807) is 60.7 Å². The first kappa shape index (κ1) is 29.4. The van der Waals surface area contributed by atoms with Gasteiger partial charge in [0.1, 0.15) is 11.5 Å². The third-order valence-electron chi connectivity index (χ3n) is 5.71. The lowest BCUT2D eigenvalue weighted by molar-refractivity contribution is -0.114. The van der Waals surface area contributed by atoms with E-state index in [1.807, 2.05) is 55.4 Å². The van der Waals surface area contributed by atoms with Gasteiger partial charge in [0.2, 0.25) is 5.91 Å². The van der Waals surface area contributed by atoms with Crippen molar-refractivity contribution in [2.45, 2.75) is 4.90 Å². The van der Waals surface area contributed by atoms with Gasteiger partial charge in [0, 0.05) is 42.1 Å². The summed E-state index contributed by atoms with van der Waals surface area (Å²) in [5.41, 5.74) is 2.79. The van der Waals surface area contributed by atoms with Gasteiger partial charge in [0.25, 0.3) is 11.8 Å². The molecule has 0 radical (unpaired) electrons. The van der Waals surface area contributed by atoms with Crippen molar-refractivity contribution in [2.75, 3.05) is 35.4 Å². The largest absolute Gasteiger partial charge is 0.378 e. The number of aromatic nitrogens is 1. The van der Waals surface area contributed by atoms with Crippen molar-refractivity contribution in [3.05, 3.63) is 119 Å². The van der Waals surface area contributed by atoms with Gasteiger partial charge in [-0.25, -0.2) is 4.98 Å². The molecule has 41 heavy (non-hydrogen) atoms. The molecule has 0 fully saturated rings. The van der Waals surface area contributed by atoms with Gasteiger partial charge >= 0.3 is 0 Å². The standard InChI is InChI=1S/C31H28ClN5O3S/c1-37(2)25-14-11-21(12-15-25)17-27(35-30(39)22-7-4-3-5-8-22)31(40)34-24-9-6-10-26(18-24)41-20-29(38)36-28-16-13-23(32)19-33-28/h3-19H,20H2,1-2H3,(H,34,40)(H,35,39)(H,33,36,38)/b27-17+. The van der Waals surface area contributed by atoms with E-state index in [2.05, 4.69) is 20.9 Å². The Hall–Kier alpha value is -4.60. The van der Waals surface area contributed by atoms with Gasteiger partial charge in [0.05, 0.1) is 10.8 Å². The van der Waals surface area contributed by atoms with E-state index in [1.165, 1.54) is 18.0 Å². The summed E-state index contributed by atoms with van der Waals surface area (Å²) < 4.78 is 0. The zero-order valence-electron chi connectivity index (χ0n) is 22.4. The van der Waals surface area contributed by atoms with Crippen LogP contribution in [0, 0.1) is 0 Å². The first-order valence-corrected chi connectivity index (χ1v) is 13.9. The molecule has 4 aromatic rings. The second kappa shape index (κ2) is 14.2. The number of halogens is 1. The number of hydrogen-bond donors (Lipinski definition) is 3. The molecule has 3 amide bonds. The molecule has 10 heteroatoms. The van der Waals surface area contributed by atoms with Crippen molar-refractivity contribution in [1.29, 1.82) is 0 Å². The van der Waals surface area contributed by atoms with Crippen LogP contribution in [0.5, 0.6) is 0 Å². The normalized spacial score (nSPS) is 11.0. The maximum Gasteiger partial charge on any atom is 0.272 e. The smallest absolute Gasteiger partial charge is 0.272 e. The van der Waals surface area contributed by atoms with Crippen LogP contribution in [-0.2, 0) is 9.59 Å². The van der Waals surface area contributed by atoms with Crippen molar-refractivity contribution in [3.63, 3.8) is 0 Å². The average Bonchev–Trinajstić information content (AvgIpc) is 2.98. The van der Waals surface area contributed by atoms with Crippen molar-refractivity contribution < 1.29 is 14.4 Å². The van der Waals surface area contributed by atoms with Gasteiger partial charge in [-0.1, -0.05) is 48.0 Å². The minimum atomic E-state index is -0.486. The van der Waals surface area contributed by atoms with Gasteiger partial charge in [-0.15, -0.1) is 11.8 Å². The number of rotatable bonds is 10. The number of amides is 3. The number of hydrogen-bond acceptors (Lipinski definition) is 6. The van der Waals surface area contributed by atoms with E-state index in [-0.39, 0.29) is 17.4 Å². The average molecular weight is 586 g/mol. The Bertz CT molecular complexity index is 1540. The Morgan fingerprint density at radius 2 is 1.66 bits per heavy atom. The first-order valence-electron chi connectivity index (χ1n) is 12.6. The van der Waals surface area contributed by atoms with Crippen LogP contribution in [0.15, 0.2) is 108 Å². The van der Waals surface area contributed by atoms with E-state index in [4.69, 9.17) is 11.6 Å². The summed E-state index contributed by atoms with van der Waals surface area (Å²) >= 11 is 7.14. The van der Waals surface area contributed by atoms with Crippen LogP contribution < -0.4 is 20.9 Å². The Morgan fingerprint density at radius 3 is 2.34 bits per heavy atom. The summed E-state index contributed by atoms with van der Waals surface area (Å²) in [6.45, 7) is 0.